The highest BCUT2D eigenvalue weighted by Gasteiger charge is 2.31. The van der Waals surface area contributed by atoms with E-state index in [4.69, 9.17) is 4.42 Å². The highest BCUT2D eigenvalue weighted by Crippen LogP contribution is 2.38. The molecule has 0 bridgehead atoms. The van der Waals surface area contributed by atoms with Gasteiger partial charge in [0.1, 0.15) is 5.56 Å². The van der Waals surface area contributed by atoms with Gasteiger partial charge < -0.3 is 4.42 Å². The van der Waals surface area contributed by atoms with Crippen molar-refractivity contribution in [2.45, 2.75) is 33.2 Å². The summed E-state index contributed by atoms with van der Waals surface area (Å²) in [5.41, 5.74) is 9.14. The topological polar surface area (TPSA) is 34.8 Å². The second kappa shape index (κ2) is 5.44. The maximum atomic E-state index is 6.36. The molecule has 4 heterocycles. The van der Waals surface area contributed by atoms with Crippen LogP contribution in [0.5, 0.6) is 0 Å². The van der Waals surface area contributed by atoms with Gasteiger partial charge in [-0.05, 0) is 50.5 Å². The molecule has 0 radical (unpaired) electrons. The Morgan fingerprint density at radius 2 is 1.89 bits per heavy atom. The first kappa shape index (κ1) is 15.9. The van der Waals surface area contributed by atoms with E-state index in [1.165, 1.54) is 40.0 Å². The number of furan rings is 1. The molecule has 2 aromatic carbocycles. The fourth-order valence-electron chi connectivity index (χ4n) is 4.90. The monoisotopic (exact) mass is 368 g/mol. The van der Waals surface area contributed by atoms with E-state index in [-0.39, 0.29) is 0 Å². The number of fused-ring (bicyclic) bond motifs is 3. The van der Waals surface area contributed by atoms with Crippen molar-refractivity contribution in [3.63, 3.8) is 0 Å². The molecule has 0 atom stereocenters. The van der Waals surface area contributed by atoms with Gasteiger partial charge in [0.05, 0.1) is 13.6 Å². The Hall–Kier alpha value is -3.14. The number of nitrogens with zero attached hydrogens (tertiary/aromatic N) is 3. The Morgan fingerprint density at radius 1 is 1.04 bits per heavy atom. The zero-order chi connectivity index (χ0) is 19.0. The maximum absolute atomic E-state index is 6.36. The minimum atomic E-state index is 0.722. The van der Waals surface area contributed by atoms with Crippen molar-refractivity contribution in [1.82, 2.24) is 9.55 Å². The molecular weight excluding hydrogens is 346 g/mol. The first-order valence-electron chi connectivity index (χ1n) is 9.93. The molecule has 5 aromatic rings. The molecule has 0 aliphatic carbocycles. The van der Waals surface area contributed by atoms with Crippen molar-refractivity contribution in [1.29, 1.82) is 0 Å². The van der Waals surface area contributed by atoms with E-state index in [1.54, 1.807) is 0 Å². The average molecular weight is 368 g/mol. The Morgan fingerprint density at radius 3 is 2.79 bits per heavy atom. The van der Waals surface area contributed by atoms with Crippen LogP contribution in [0.25, 0.3) is 44.5 Å². The van der Waals surface area contributed by atoms with E-state index in [2.05, 4.69) is 70.6 Å². The van der Waals surface area contributed by atoms with E-state index in [0.29, 0.717) is 0 Å². The fraction of sp³-hybridized carbons (Fsp3) is 0.250. The third-order valence-electron chi connectivity index (χ3n) is 6.21. The van der Waals surface area contributed by atoms with E-state index in [9.17, 15) is 0 Å². The molecule has 0 spiro atoms. The molecule has 0 amide bonds. The van der Waals surface area contributed by atoms with Crippen molar-refractivity contribution >= 4 is 33.1 Å². The van der Waals surface area contributed by atoms with E-state index in [0.717, 1.165) is 40.7 Å². The number of benzene rings is 2. The van der Waals surface area contributed by atoms with Crippen molar-refractivity contribution < 1.29 is 8.98 Å². The Labute approximate surface area is 163 Å². The molecule has 4 heteroatoms. The molecule has 0 saturated heterocycles. The minimum absolute atomic E-state index is 0.722. The highest BCUT2D eigenvalue weighted by molar-refractivity contribution is 6.08. The number of aromatic nitrogens is 3. The number of rotatable bonds is 1. The summed E-state index contributed by atoms with van der Waals surface area (Å²) in [7, 11) is 2.17. The predicted octanol–water partition coefficient (Wildman–Crippen LogP) is 4.99. The first-order valence-corrected chi connectivity index (χ1v) is 9.93. The SMILES string of the molecule is Cc1ccc2c(n1)oc1c(-c3n(C)c4cccc5c4[n+]3CCC5)c(C)ccc12. The third-order valence-corrected chi connectivity index (χ3v) is 6.21. The summed E-state index contributed by atoms with van der Waals surface area (Å²) in [4.78, 5) is 4.63. The lowest BCUT2D eigenvalue weighted by molar-refractivity contribution is -0.664. The van der Waals surface area contributed by atoms with Crippen molar-refractivity contribution in [3.05, 3.63) is 59.3 Å². The summed E-state index contributed by atoms with van der Waals surface area (Å²) in [5, 5.41) is 2.22. The van der Waals surface area contributed by atoms with E-state index >= 15 is 0 Å². The Bertz CT molecular complexity index is 1420. The number of imidazole rings is 1. The van der Waals surface area contributed by atoms with Gasteiger partial charge in [0.15, 0.2) is 16.6 Å². The predicted molar refractivity (Wildman–Crippen MR) is 111 cm³/mol. The number of para-hydroxylation sites is 1. The smallest absolute Gasteiger partial charge is 0.293 e. The van der Waals surface area contributed by atoms with Crippen LogP contribution >= 0.6 is 0 Å². The largest absolute Gasteiger partial charge is 0.437 e. The lowest BCUT2D eigenvalue weighted by atomic mass is 10.0. The van der Waals surface area contributed by atoms with Crippen LogP contribution < -0.4 is 4.57 Å². The molecule has 1 aliphatic heterocycles. The van der Waals surface area contributed by atoms with Crippen LogP contribution in [-0.2, 0) is 20.0 Å². The molecular formula is C24H22N3O+. The van der Waals surface area contributed by atoms with Crippen LogP contribution in [-0.4, -0.2) is 9.55 Å². The average Bonchev–Trinajstić information content (AvgIpc) is 3.19. The van der Waals surface area contributed by atoms with Crippen LogP contribution in [0.3, 0.4) is 0 Å². The molecule has 1 aliphatic rings. The van der Waals surface area contributed by atoms with E-state index in [1.807, 2.05) is 6.92 Å². The van der Waals surface area contributed by atoms with Gasteiger partial charge in [-0.2, -0.15) is 0 Å². The van der Waals surface area contributed by atoms with Gasteiger partial charge in [-0.15, -0.1) is 0 Å². The lowest BCUT2D eigenvalue weighted by Crippen LogP contribution is -2.39. The summed E-state index contributed by atoms with van der Waals surface area (Å²) in [6, 6.07) is 15.2. The van der Waals surface area contributed by atoms with Gasteiger partial charge in [0, 0.05) is 22.0 Å². The Balaban J connectivity index is 1.79. The van der Waals surface area contributed by atoms with Gasteiger partial charge in [-0.3, -0.25) is 0 Å². The lowest BCUT2D eigenvalue weighted by Gasteiger charge is -2.11. The van der Waals surface area contributed by atoms with Crippen molar-refractivity contribution in [2.24, 2.45) is 7.05 Å². The molecule has 3 aromatic heterocycles. The number of pyridine rings is 1. The highest BCUT2D eigenvalue weighted by atomic mass is 16.3. The number of aryl methyl sites for hydroxylation is 5. The van der Waals surface area contributed by atoms with Crippen LogP contribution in [0, 0.1) is 13.8 Å². The molecule has 0 N–H and O–H groups in total. The van der Waals surface area contributed by atoms with E-state index < -0.39 is 0 Å². The normalized spacial score (nSPS) is 13.8. The first-order chi connectivity index (χ1) is 13.6. The van der Waals surface area contributed by atoms with Gasteiger partial charge >= 0.3 is 0 Å². The van der Waals surface area contributed by atoms with Crippen molar-refractivity contribution in [3.8, 4) is 11.4 Å². The van der Waals surface area contributed by atoms with Gasteiger partial charge in [-0.1, -0.05) is 24.3 Å². The molecule has 28 heavy (non-hydrogen) atoms. The quantitative estimate of drug-likeness (QED) is 0.391. The summed E-state index contributed by atoms with van der Waals surface area (Å²) >= 11 is 0. The molecule has 138 valence electrons. The summed E-state index contributed by atoms with van der Waals surface area (Å²) in [6.07, 6.45) is 2.32. The molecule has 4 nitrogen and oxygen atoms in total. The third kappa shape index (κ3) is 1.95. The minimum Gasteiger partial charge on any atom is -0.437 e. The molecule has 6 rings (SSSR count). The number of hydrogen-bond donors (Lipinski definition) is 0. The van der Waals surface area contributed by atoms with Crippen molar-refractivity contribution in [2.75, 3.05) is 0 Å². The fourth-order valence-corrected chi connectivity index (χ4v) is 4.90. The molecule has 0 saturated carbocycles. The Kier molecular flexibility index (Phi) is 3.09. The van der Waals surface area contributed by atoms with Crippen LogP contribution in [0.15, 0.2) is 46.9 Å². The zero-order valence-corrected chi connectivity index (χ0v) is 16.4. The second-order valence-corrected chi connectivity index (χ2v) is 7.96. The zero-order valence-electron chi connectivity index (χ0n) is 16.4. The summed E-state index contributed by atoms with van der Waals surface area (Å²) in [5.74, 6) is 1.22. The molecule has 0 fully saturated rings. The van der Waals surface area contributed by atoms with Gasteiger partial charge in [-0.25, -0.2) is 14.1 Å². The summed E-state index contributed by atoms with van der Waals surface area (Å²) in [6.45, 7) is 5.22. The second-order valence-electron chi connectivity index (χ2n) is 7.96. The van der Waals surface area contributed by atoms with Gasteiger partial charge in [0.25, 0.3) is 5.82 Å². The molecule has 0 unspecified atom stereocenters. The van der Waals surface area contributed by atoms with Crippen LogP contribution in [0.1, 0.15) is 23.2 Å². The maximum Gasteiger partial charge on any atom is 0.293 e. The standard InChI is InChI=1S/C24H22N3O/c1-14-9-11-17-18-12-10-15(2)25-23(18)28-22(17)20(14)24-26(3)19-8-4-6-16-7-5-13-27(24)21(16)19/h4,6,8-12H,5,7,13H2,1-3H3/q+1. The summed E-state index contributed by atoms with van der Waals surface area (Å²) < 4.78 is 11.2. The van der Waals surface area contributed by atoms with Crippen LogP contribution in [0.2, 0.25) is 0 Å². The number of hydrogen-bond acceptors (Lipinski definition) is 2. The van der Waals surface area contributed by atoms with Crippen LogP contribution in [0.4, 0.5) is 0 Å². The van der Waals surface area contributed by atoms with Gasteiger partial charge in [0.2, 0.25) is 5.71 Å².